The van der Waals surface area contributed by atoms with Gasteiger partial charge in [-0.2, -0.15) is 10.2 Å². The molecule has 0 fully saturated rings. The smallest absolute Gasteiger partial charge is 0.259 e. The first-order valence-electron chi connectivity index (χ1n) is 7.40. The number of azo groups is 1. The van der Waals surface area contributed by atoms with E-state index in [-0.39, 0.29) is 10.8 Å². The lowest BCUT2D eigenvalue weighted by Gasteiger charge is -2.13. The van der Waals surface area contributed by atoms with Gasteiger partial charge in [0.25, 0.3) is 5.91 Å². The van der Waals surface area contributed by atoms with Crippen LogP contribution >= 0.6 is 23.8 Å². The van der Waals surface area contributed by atoms with E-state index in [9.17, 15) is 4.79 Å². The Morgan fingerprint density at radius 1 is 1.31 bits per heavy atom. The second-order valence-electron chi connectivity index (χ2n) is 5.09. The van der Waals surface area contributed by atoms with Gasteiger partial charge in [0.15, 0.2) is 11.2 Å². The third-order valence-corrected chi connectivity index (χ3v) is 3.60. The lowest BCUT2D eigenvalue weighted by molar-refractivity contribution is -0.119. The zero-order valence-electron chi connectivity index (χ0n) is 13.8. The highest BCUT2D eigenvalue weighted by molar-refractivity contribution is 7.80. The summed E-state index contributed by atoms with van der Waals surface area (Å²) >= 11 is 10.6. The van der Waals surface area contributed by atoms with Crippen molar-refractivity contribution >= 4 is 46.2 Å². The van der Waals surface area contributed by atoms with Crippen molar-refractivity contribution in [3.05, 3.63) is 59.1 Å². The summed E-state index contributed by atoms with van der Waals surface area (Å²) in [5, 5.41) is 18.9. The van der Waals surface area contributed by atoms with Crippen LogP contribution in [0.4, 0.5) is 5.69 Å². The van der Waals surface area contributed by atoms with Gasteiger partial charge in [0.1, 0.15) is 5.75 Å². The molecule has 7 nitrogen and oxygen atoms in total. The van der Waals surface area contributed by atoms with Crippen LogP contribution < -0.4 is 15.8 Å². The predicted octanol–water partition coefficient (Wildman–Crippen LogP) is 3.23. The number of hydrogen-bond donors (Lipinski definition) is 3. The first kappa shape index (κ1) is 19.5. The molecule has 9 heteroatoms. The fourth-order valence-electron chi connectivity index (χ4n) is 2.02. The SMILES string of the molecule is COc1ccc(C(=N)C(N=Nc2cccc(Cl)c2)C(=O)NC(N)=S)cc1. The quantitative estimate of drug-likeness (QED) is 0.400. The minimum atomic E-state index is -1.23. The van der Waals surface area contributed by atoms with Crippen molar-refractivity contribution in [3.63, 3.8) is 0 Å². The van der Waals surface area contributed by atoms with Gasteiger partial charge in [0, 0.05) is 5.02 Å². The summed E-state index contributed by atoms with van der Waals surface area (Å²) in [6, 6.07) is 12.1. The highest BCUT2D eigenvalue weighted by Gasteiger charge is 2.25. The Bertz CT molecular complexity index is 854. The van der Waals surface area contributed by atoms with Crippen molar-refractivity contribution < 1.29 is 9.53 Å². The van der Waals surface area contributed by atoms with Crippen molar-refractivity contribution in [1.82, 2.24) is 5.32 Å². The highest BCUT2D eigenvalue weighted by Crippen LogP contribution is 2.20. The first-order chi connectivity index (χ1) is 12.4. The third kappa shape index (κ3) is 5.33. The van der Waals surface area contributed by atoms with Gasteiger partial charge in [-0.25, -0.2) is 0 Å². The second-order valence-corrected chi connectivity index (χ2v) is 5.97. The number of hydrogen-bond acceptors (Lipinski definition) is 6. The first-order valence-corrected chi connectivity index (χ1v) is 8.19. The minimum Gasteiger partial charge on any atom is -0.497 e. The molecule has 0 aromatic heterocycles. The molecule has 0 aliphatic heterocycles. The average Bonchev–Trinajstić information content (AvgIpc) is 2.61. The standard InChI is InChI=1S/C17H16ClN5O2S/c1-25-13-7-5-10(6-8-13)14(19)15(16(24)21-17(20)26)23-22-12-4-2-3-11(18)9-12/h2-9,15,19H,1H3,(H3,20,21,24,26). The van der Waals surface area contributed by atoms with Crippen molar-refractivity contribution in [2.24, 2.45) is 16.0 Å². The fraction of sp³-hybridized carbons (Fsp3) is 0.118. The Labute approximate surface area is 160 Å². The molecule has 2 aromatic carbocycles. The number of benzene rings is 2. The molecule has 0 heterocycles. The van der Waals surface area contributed by atoms with E-state index in [1.165, 1.54) is 7.11 Å². The van der Waals surface area contributed by atoms with Gasteiger partial charge >= 0.3 is 0 Å². The molecule has 1 unspecified atom stereocenters. The largest absolute Gasteiger partial charge is 0.497 e. The van der Waals surface area contributed by atoms with Gasteiger partial charge in [0.2, 0.25) is 0 Å². The van der Waals surface area contributed by atoms with E-state index in [0.29, 0.717) is 22.0 Å². The van der Waals surface area contributed by atoms with E-state index in [4.69, 9.17) is 39.7 Å². The van der Waals surface area contributed by atoms with Crippen molar-refractivity contribution in [2.45, 2.75) is 6.04 Å². The molecule has 0 radical (unpaired) electrons. The van der Waals surface area contributed by atoms with Gasteiger partial charge in [-0.1, -0.05) is 17.7 Å². The molecule has 0 spiro atoms. The Kier molecular flexibility index (Phi) is 6.76. The lowest BCUT2D eigenvalue weighted by atomic mass is 10.0. The number of thiocarbonyl (C=S) groups is 1. The number of carbonyl (C=O) groups excluding carboxylic acids is 1. The van der Waals surface area contributed by atoms with Crippen LogP contribution in [-0.2, 0) is 4.79 Å². The van der Waals surface area contributed by atoms with Crippen LogP contribution in [0.1, 0.15) is 5.56 Å². The molecule has 0 aliphatic carbocycles. The van der Waals surface area contributed by atoms with E-state index < -0.39 is 11.9 Å². The van der Waals surface area contributed by atoms with Crippen LogP contribution in [-0.4, -0.2) is 29.9 Å². The number of nitrogens with zero attached hydrogens (tertiary/aromatic N) is 2. The van der Waals surface area contributed by atoms with Crippen LogP contribution in [0.3, 0.4) is 0 Å². The summed E-state index contributed by atoms with van der Waals surface area (Å²) in [5.74, 6) is -0.0182. The third-order valence-electron chi connectivity index (χ3n) is 3.27. The molecule has 0 aliphatic rings. The minimum absolute atomic E-state index is 0.0628. The van der Waals surface area contributed by atoms with Gasteiger partial charge in [-0.15, -0.1) is 0 Å². The van der Waals surface area contributed by atoms with Gasteiger partial charge in [-0.3, -0.25) is 4.79 Å². The predicted molar refractivity (Wildman–Crippen MR) is 105 cm³/mol. The Balaban J connectivity index is 2.31. The molecular formula is C17H16ClN5O2S. The van der Waals surface area contributed by atoms with Crippen molar-refractivity contribution in [3.8, 4) is 5.75 Å². The van der Waals surface area contributed by atoms with E-state index >= 15 is 0 Å². The van der Waals surface area contributed by atoms with Crippen LogP contribution in [0.25, 0.3) is 0 Å². The molecule has 0 saturated heterocycles. The van der Waals surface area contributed by atoms with Crippen LogP contribution in [0.2, 0.25) is 5.02 Å². The Morgan fingerprint density at radius 3 is 2.58 bits per heavy atom. The maximum Gasteiger partial charge on any atom is 0.259 e. The molecule has 0 bridgehead atoms. The van der Waals surface area contributed by atoms with Crippen LogP contribution in [0.15, 0.2) is 58.8 Å². The summed E-state index contributed by atoms with van der Waals surface area (Å²) in [4.78, 5) is 12.4. The summed E-state index contributed by atoms with van der Waals surface area (Å²) in [5.41, 5.74) is 6.23. The Hall–Kier alpha value is -2.84. The van der Waals surface area contributed by atoms with Gasteiger partial charge < -0.3 is 21.2 Å². The number of halogens is 1. The molecular weight excluding hydrogens is 374 g/mol. The zero-order chi connectivity index (χ0) is 19.1. The van der Waals surface area contributed by atoms with E-state index in [1.54, 1.807) is 48.5 Å². The van der Waals surface area contributed by atoms with Crippen molar-refractivity contribution in [2.75, 3.05) is 7.11 Å². The number of carbonyl (C=O) groups is 1. The molecule has 1 atom stereocenters. The Morgan fingerprint density at radius 2 is 2.00 bits per heavy atom. The van der Waals surface area contributed by atoms with E-state index in [2.05, 4.69) is 15.5 Å². The molecule has 2 aromatic rings. The maximum absolute atomic E-state index is 12.4. The molecule has 26 heavy (non-hydrogen) atoms. The van der Waals surface area contributed by atoms with Gasteiger partial charge in [0.05, 0.1) is 18.5 Å². The number of nitrogens with two attached hydrogens (primary N) is 1. The number of amides is 1. The maximum atomic E-state index is 12.4. The summed E-state index contributed by atoms with van der Waals surface area (Å²) in [6.07, 6.45) is 0. The summed E-state index contributed by atoms with van der Waals surface area (Å²) in [7, 11) is 1.54. The highest BCUT2D eigenvalue weighted by atomic mass is 35.5. The number of ether oxygens (including phenoxy) is 1. The summed E-state index contributed by atoms with van der Waals surface area (Å²) < 4.78 is 5.09. The van der Waals surface area contributed by atoms with Gasteiger partial charge in [-0.05, 0) is 60.2 Å². The van der Waals surface area contributed by atoms with Crippen LogP contribution in [0.5, 0.6) is 5.75 Å². The number of methoxy groups -OCH3 is 1. The number of nitrogens with one attached hydrogen (secondary N) is 2. The average molecular weight is 390 g/mol. The monoisotopic (exact) mass is 389 g/mol. The van der Waals surface area contributed by atoms with E-state index in [1.807, 2.05) is 0 Å². The molecule has 0 saturated carbocycles. The topological polar surface area (TPSA) is 113 Å². The van der Waals surface area contributed by atoms with E-state index in [0.717, 1.165) is 0 Å². The molecule has 4 N–H and O–H groups in total. The second kappa shape index (κ2) is 9.02. The molecule has 134 valence electrons. The number of rotatable bonds is 6. The normalized spacial score (nSPS) is 11.8. The lowest BCUT2D eigenvalue weighted by Crippen LogP contribution is -2.44. The molecule has 2 rings (SSSR count). The van der Waals surface area contributed by atoms with Crippen LogP contribution in [0, 0.1) is 5.41 Å². The fourth-order valence-corrected chi connectivity index (χ4v) is 2.31. The van der Waals surface area contributed by atoms with Crippen molar-refractivity contribution in [1.29, 1.82) is 5.41 Å². The summed E-state index contributed by atoms with van der Waals surface area (Å²) in [6.45, 7) is 0. The zero-order valence-corrected chi connectivity index (χ0v) is 15.3. The molecule has 1 amide bonds.